The second kappa shape index (κ2) is 10.7. The smallest absolute Gasteiger partial charge is 0.253 e. The third-order valence-corrected chi connectivity index (χ3v) is 8.68. The standard InChI is InChI=1S/C25H30FN3O4S/c26-22-8-6-21(7-9-22)25(31)28-14-12-20(13-15-28)24(30)27-18-19-10-16-29(17-11-19)34(32,33)23-4-2-1-3-5-23/h1-9,19-20H,10-18H2,(H,27,30). The number of carbonyl (C=O) groups excluding carboxylic acids is 2. The van der Waals surface area contributed by atoms with Crippen LogP contribution in [0, 0.1) is 17.7 Å². The van der Waals surface area contributed by atoms with Crippen molar-refractivity contribution in [3.05, 3.63) is 66.0 Å². The molecule has 2 heterocycles. The van der Waals surface area contributed by atoms with Gasteiger partial charge in [-0.15, -0.1) is 0 Å². The van der Waals surface area contributed by atoms with Crippen LogP contribution in [-0.4, -0.2) is 62.2 Å². The first-order valence-electron chi connectivity index (χ1n) is 11.7. The van der Waals surface area contributed by atoms with Crippen LogP contribution in [0.3, 0.4) is 0 Å². The van der Waals surface area contributed by atoms with Crippen LogP contribution in [0.2, 0.25) is 0 Å². The number of hydrogen-bond donors (Lipinski definition) is 1. The van der Waals surface area contributed by atoms with Crippen molar-refractivity contribution >= 4 is 21.8 Å². The Bertz CT molecular complexity index is 1090. The summed E-state index contributed by atoms with van der Waals surface area (Å²) in [5, 5.41) is 3.04. The highest BCUT2D eigenvalue weighted by Gasteiger charge is 2.31. The van der Waals surface area contributed by atoms with Crippen LogP contribution in [0.4, 0.5) is 4.39 Å². The number of amides is 2. The molecule has 0 aliphatic carbocycles. The number of sulfonamides is 1. The predicted molar refractivity (Wildman–Crippen MR) is 126 cm³/mol. The van der Waals surface area contributed by atoms with Gasteiger partial charge in [0.1, 0.15) is 5.82 Å². The molecular weight excluding hydrogens is 457 g/mol. The zero-order valence-electron chi connectivity index (χ0n) is 19.0. The Kier molecular flexibility index (Phi) is 7.63. The van der Waals surface area contributed by atoms with Gasteiger partial charge in [-0.05, 0) is 68.0 Å². The summed E-state index contributed by atoms with van der Waals surface area (Å²) < 4.78 is 40.1. The quantitative estimate of drug-likeness (QED) is 0.679. The molecular formula is C25H30FN3O4S. The van der Waals surface area contributed by atoms with Crippen LogP contribution in [0.15, 0.2) is 59.5 Å². The third kappa shape index (κ3) is 5.64. The predicted octanol–water partition coefficient (Wildman–Crippen LogP) is 2.90. The minimum atomic E-state index is -3.47. The van der Waals surface area contributed by atoms with Crippen LogP contribution < -0.4 is 5.32 Å². The lowest BCUT2D eigenvalue weighted by Gasteiger charge is -2.33. The van der Waals surface area contributed by atoms with Crippen LogP contribution >= 0.6 is 0 Å². The van der Waals surface area contributed by atoms with Gasteiger partial charge in [-0.2, -0.15) is 4.31 Å². The lowest BCUT2D eigenvalue weighted by Crippen LogP contribution is -2.45. The second-order valence-electron chi connectivity index (χ2n) is 8.98. The Hall–Kier alpha value is -2.78. The molecule has 2 aliphatic heterocycles. The molecule has 2 aromatic rings. The minimum Gasteiger partial charge on any atom is -0.356 e. The van der Waals surface area contributed by atoms with E-state index in [1.807, 2.05) is 0 Å². The molecule has 2 aliphatic rings. The molecule has 2 saturated heterocycles. The summed E-state index contributed by atoms with van der Waals surface area (Å²) in [7, 11) is -3.47. The van der Waals surface area contributed by atoms with E-state index in [0.29, 0.717) is 68.9 Å². The van der Waals surface area contributed by atoms with Gasteiger partial charge in [0.2, 0.25) is 15.9 Å². The lowest BCUT2D eigenvalue weighted by atomic mass is 9.94. The van der Waals surface area contributed by atoms with Crippen molar-refractivity contribution in [3.63, 3.8) is 0 Å². The van der Waals surface area contributed by atoms with E-state index in [4.69, 9.17) is 0 Å². The topological polar surface area (TPSA) is 86.8 Å². The molecule has 182 valence electrons. The first kappa shape index (κ1) is 24.3. The molecule has 1 N–H and O–H groups in total. The van der Waals surface area contributed by atoms with Gasteiger partial charge in [0, 0.05) is 44.2 Å². The molecule has 0 bridgehead atoms. The lowest BCUT2D eigenvalue weighted by molar-refractivity contribution is -0.126. The number of halogens is 1. The van der Waals surface area contributed by atoms with E-state index < -0.39 is 10.0 Å². The van der Waals surface area contributed by atoms with Crippen LogP contribution in [0.1, 0.15) is 36.0 Å². The summed E-state index contributed by atoms with van der Waals surface area (Å²) in [6.45, 7) is 2.41. The summed E-state index contributed by atoms with van der Waals surface area (Å²) in [4.78, 5) is 27.3. The number of benzene rings is 2. The monoisotopic (exact) mass is 487 g/mol. The molecule has 34 heavy (non-hydrogen) atoms. The molecule has 0 spiro atoms. The van der Waals surface area contributed by atoms with Gasteiger partial charge in [0.05, 0.1) is 4.90 Å². The molecule has 0 unspecified atom stereocenters. The van der Waals surface area contributed by atoms with Gasteiger partial charge in [-0.3, -0.25) is 9.59 Å². The molecule has 0 saturated carbocycles. The van der Waals surface area contributed by atoms with Gasteiger partial charge in [-0.25, -0.2) is 12.8 Å². The van der Waals surface area contributed by atoms with Gasteiger partial charge in [-0.1, -0.05) is 18.2 Å². The van der Waals surface area contributed by atoms with E-state index in [9.17, 15) is 22.4 Å². The van der Waals surface area contributed by atoms with Gasteiger partial charge in [0.15, 0.2) is 0 Å². The first-order valence-corrected chi connectivity index (χ1v) is 13.2. The highest BCUT2D eigenvalue weighted by molar-refractivity contribution is 7.89. The van der Waals surface area contributed by atoms with Crippen molar-refractivity contribution in [1.82, 2.24) is 14.5 Å². The van der Waals surface area contributed by atoms with E-state index in [0.717, 1.165) is 0 Å². The molecule has 0 radical (unpaired) electrons. The Morgan fingerprint density at radius 2 is 1.50 bits per heavy atom. The Morgan fingerprint density at radius 1 is 0.882 bits per heavy atom. The minimum absolute atomic E-state index is 0.00628. The number of piperidine rings is 2. The molecule has 9 heteroatoms. The number of nitrogens with one attached hydrogen (secondary N) is 1. The summed E-state index contributed by atoms with van der Waals surface area (Å²) >= 11 is 0. The highest BCUT2D eigenvalue weighted by atomic mass is 32.2. The van der Waals surface area contributed by atoms with Crippen LogP contribution in [0.25, 0.3) is 0 Å². The Labute approximate surface area is 200 Å². The van der Waals surface area contributed by atoms with Gasteiger partial charge < -0.3 is 10.2 Å². The van der Waals surface area contributed by atoms with Gasteiger partial charge >= 0.3 is 0 Å². The number of nitrogens with zero attached hydrogens (tertiary/aromatic N) is 2. The summed E-state index contributed by atoms with van der Waals surface area (Å²) in [5.41, 5.74) is 0.449. The fourth-order valence-electron chi connectivity index (χ4n) is 4.60. The maximum Gasteiger partial charge on any atom is 0.253 e. The van der Waals surface area contributed by atoms with Crippen molar-refractivity contribution in [2.24, 2.45) is 11.8 Å². The molecule has 2 aromatic carbocycles. The van der Waals surface area contributed by atoms with Crippen LogP contribution in [0.5, 0.6) is 0 Å². The first-order chi connectivity index (χ1) is 16.3. The van der Waals surface area contributed by atoms with Gasteiger partial charge in [0.25, 0.3) is 5.91 Å². The van der Waals surface area contributed by atoms with E-state index in [1.54, 1.807) is 35.2 Å². The molecule has 7 nitrogen and oxygen atoms in total. The Balaban J connectivity index is 1.19. The molecule has 0 aromatic heterocycles. The number of rotatable bonds is 6. The third-order valence-electron chi connectivity index (χ3n) is 6.76. The molecule has 2 fully saturated rings. The van der Waals surface area contributed by atoms with E-state index in [2.05, 4.69) is 5.32 Å². The van der Waals surface area contributed by atoms with E-state index in [1.165, 1.54) is 28.6 Å². The zero-order valence-corrected chi connectivity index (χ0v) is 19.8. The second-order valence-corrected chi connectivity index (χ2v) is 10.9. The van der Waals surface area contributed by atoms with Crippen molar-refractivity contribution in [1.29, 1.82) is 0 Å². The van der Waals surface area contributed by atoms with Crippen molar-refractivity contribution in [2.75, 3.05) is 32.7 Å². The largest absolute Gasteiger partial charge is 0.356 e. The molecule has 0 atom stereocenters. The average molecular weight is 488 g/mol. The zero-order chi connectivity index (χ0) is 24.1. The Morgan fingerprint density at radius 3 is 2.12 bits per heavy atom. The SMILES string of the molecule is O=C(NCC1CCN(S(=O)(=O)c2ccccc2)CC1)C1CCN(C(=O)c2ccc(F)cc2)CC1. The summed E-state index contributed by atoms with van der Waals surface area (Å²) in [5.74, 6) is -0.429. The maximum atomic E-state index is 13.1. The van der Waals surface area contributed by atoms with Crippen molar-refractivity contribution in [2.45, 2.75) is 30.6 Å². The fourth-order valence-corrected chi connectivity index (χ4v) is 6.10. The number of hydrogen-bond acceptors (Lipinski definition) is 4. The van der Waals surface area contributed by atoms with Crippen molar-refractivity contribution < 1.29 is 22.4 Å². The average Bonchev–Trinajstić information content (AvgIpc) is 2.88. The highest BCUT2D eigenvalue weighted by Crippen LogP contribution is 2.24. The van der Waals surface area contributed by atoms with Crippen LogP contribution in [-0.2, 0) is 14.8 Å². The fraction of sp³-hybridized carbons (Fsp3) is 0.440. The summed E-state index contributed by atoms with van der Waals surface area (Å²) in [6.07, 6.45) is 2.59. The summed E-state index contributed by atoms with van der Waals surface area (Å²) in [6, 6.07) is 14.0. The van der Waals surface area contributed by atoms with Crippen molar-refractivity contribution in [3.8, 4) is 0 Å². The number of carbonyl (C=O) groups is 2. The van der Waals surface area contributed by atoms with E-state index >= 15 is 0 Å². The van der Waals surface area contributed by atoms with E-state index in [-0.39, 0.29) is 29.5 Å². The molecule has 4 rings (SSSR count). The number of likely N-dealkylation sites (tertiary alicyclic amines) is 1. The molecule has 2 amide bonds. The maximum absolute atomic E-state index is 13.1. The normalized spacial score (nSPS) is 18.6.